The van der Waals surface area contributed by atoms with Gasteiger partial charge in [-0.25, -0.2) is 0 Å². The standard InChI is InChI=1S/C19H18/c1-2-8-15(9-3-1)18-14-16-10-4-5-11-17(16)19(18)12-6-7-13-19/h1-5,8-11,14H,6-7,12-13H2. The van der Waals surface area contributed by atoms with Crippen molar-refractivity contribution in [2.75, 3.05) is 0 Å². The molecule has 0 aromatic heterocycles. The largest absolute Gasteiger partial charge is 0.0622 e. The Hall–Kier alpha value is -1.82. The van der Waals surface area contributed by atoms with Crippen LogP contribution in [-0.2, 0) is 5.41 Å². The molecule has 0 N–H and O–H groups in total. The molecule has 1 spiro atoms. The molecule has 19 heavy (non-hydrogen) atoms. The number of allylic oxidation sites excluding steroid dienone is 1. The van der Waals surface area contributed by atoms with Gasteiger partial charge in [0.25, 0.3) is 0 Å². The summed E-state index contributed by atoms with van der Waals surface area (Å²) in [6, 6.07) is 19.9. The molecule has 0 amide bonds. The molecule has 2 aliphatic rings. The van der Waals surface area contributed by atoms with E-state index in [1.165, 1.54) is 36.8 Å². The number of hydrogen-bond donors (Lipinski definition) is 0. The molecule has 0 aliphatic heterocycles. The zero-order chi connectivity index (χ0) is 12.7. The minimum atomic E-state index is 0.304. The summed E-state index contributed by atoms with van der Waals surface area (Å²) in [6.45, 7) is 0. The fraction of sp³-hybridized carbons (Fsp3) is 0.263. The van der Waals surface area contributed by atoms with Crippen LogP contribution in [-0.4, -0.2) is 0 Å². The summed E-state index contributed by atoms with van der Waals surface area (Å²) in [6.07, 6.45) is 7.77. The molecule has 1 fully saturated rings. The topological polar surface area (TPSA) is 0 Å². The summed E-state index contributed by atoms with van der Waals surface area (Å²) in [7, 11) is 0. The first-order valence-electron chi connectivity index (χ1n) is 7.27. The highest BCUT2D eigenvalue weighted by Gasteiger charge is 2.43. The van der Waals surface area contributed by atoms with Crippen molar-refractivity contribution in [3.8, 4) is 0 Å². The molecule has 4 rings (SSSR count). The van der Waals surface area contributed by atoms with Crippen LogP contribution < -0.4 is 0 Å². The second kappa shape index (κ2) is 4.09. The number of benzene rings is 2. The maximum Gasteiger partial charge on any atom is 0.0215 e. The van der Waals surface area contributed by atoms with Crippen LogP contribution in [0.15, 0.2) is 54.6 Å². The van der Waals surface area contributed by atoms with Crippen LogP contribution in [0.3, 0.4) is 0 Å². The van der Waals surface area contributed by atoms with E-state index in [4.69, 9.17) is 0 Å². The van der Waals surface area contributed by atoms with Gasteiger partial charge in [-0.3, -0.25) is 0 Å². The molecule has 2 aliphatic carbocycles. The Morgan fingerprint density at radius 3 is 2.21 bits per heavy atom. The summed E-state index contributed by atoms with van der Waals surface area (Å²) >= 11 is 0. The zero-order valence-corrected chi connectivity index (χ0v) is 11.1. The SMILES string of the molecule is C1=C(c2ccccc2)C2(CCCC2)c2ccccc21. The van der Waals surface area contributed by atoms with Crippen LogP contribution in [0.5, 0.6) is 0 Å². The molecule has 94 valence electrons. The normalized spacial score (nSPS) is 19.5. The summed E-state index contributed by atoms with van der Waals surface area (Å²) in [4.78, 5) is 0. The first-order valence-corrected chi connectivity index (χ1v) is 7.27. The third kappa shape index (κ3) is 1.53. The fourth-order valence-electron chi connectivity index (χ4n) is 3.99. The molecule has 0 unspecified atom stereocenters. The lowest BCUT2D eigenvalue weighted by molar-refractivity contribution is 0.586. The van der Waals surface area contributed by atoms with E-state index in [1.807, 2.05) is 0 Å². The van der Waals surface area contributed by atoms with Gasteiger partial charge in [0.2, 0.25) is 0 Å². The van der Waals surface area contributed by atoms with Crippen LogP contribution in [0.1, 0.15) is 42.4 Å². The number of rotatable bonds is 1. The molecule has 0 heteroatoms. The van der Waals surface area contributed by atoms with Gasteiger partial charge in [0, 0.05) is 5.41 Å². The molecule has 0 saturated heterocycles. The average Bonchev–Trinajstić information content (AvgIpc) is 3.08. The maximum absolute atomic E-state index is 2.43. The van der Waals surface area contributed by atoms with Gasteiger partial charge in [-0.1, -0.05) is 67.4 Å². The molecular formula is C19H18. The third-order valence-electron chi connectivity index (χ3n) is 4.83. The molecule has 0 heterocycles. The second-order valence-electron chi connectivity index (χ2n) is 5.80. The Morgan fingerprint density at radius 2 is 1.42 bits per heavy atom. The Morgan fingerprint density at radius 1 is 0.737 bits per heavy atom. The first kappa shape index (κ1) is 11.0. The van der Waals surface area contributed by atoms with Gasteiger partial charge in [-0.15, -0.1) is 0 Å². The van der Waals surface area contributed by atoms with Gasteiger partial charge in [0.15, 0.2) is 0 Å². The van der Waals surface area contributed by atoms with Crippen molar-refractivity contribution in [3.05, 3.63) is 71.3 Å². The number of fused-ring (bicyclic) bond motifs is 2. The Bertz CT molecular complexity index is 628. The minimum absolute atomic E-state index is 0.304. The molecule has 0 bridgehead atoms. The monoisotopic (exact) mass is 246 g/mol. The van der Waals surface area contributed by atoms with Crippen LogP contribution in [0.4, 0.5) is 0 Å². The Balaban J connectivity index is 1.92. The van der Waals surface area contributed by atoms with Crippen LogP contribution in [0.2, 0.25) is 0 Å². The fourth-order valence-corrected chi connectivity index (χ4v) is 3.99. The van der Waals surface area contributed by atoms with Gasteiger partial charge in [0.05, 0.1) is 0 Å². The summed E-state index contributed by atoms with van der Waals surface area (Å²) in [5.74, 6) is 0. The van der Waals surface area contributed by atoms with Gasteiger partial charge in [0.1, 0.15) is 0 Å². The van der Waals surface area contributed by atoms with E-state index in [1.54, 1.807) is 11.1 Å². The van der Waals surface area contributed by atoms with E-state index in [2.05, 4.69) is 60.7 Å². The average molecular weight is 246 g/mol. The smallest absolute Gasteiger partial charge is 0.0215 e. The third-order valence-corrected chi connectivity index (χ3v) is 4.83. The molecule has 2 aromatic rings. The van der Waals surface area contributed by atoms with Crippen molar-refractivity contribution in [1.29, 1.82) is 0 Å². The predicted octanol–water partition coefficient (Wildman–Crippen LogP) is 5.05. The summed E-state index contributed by atoms with van der Waals surface area (Å²) in [5.41, 5.74) is 6.25. The highest BCUT2D eigenvalue weighted by atomic mass is 14.5. The molecule has 1 saturated carbocycles. The highest BCUT2D eigenvalue weighted by Crippen LogP contribution is 2.55. The first-order chi connectivity index (χ1) is 9.40. The van der Waals surface area contributed by atoms with Crippen molar-refractivity contribution in [2.24, 2.45) is 0 Å². The lowest BCUT2D eigenvalue weighted by atomic mass is 9.73. The lowest BCUT2D eigenvalue weighted by Crippen LogP contribution is -2.21. The van der Waals surface area contributed by atoms with Crippen LogP contribution in [0, 0.1) is 0 Å². The second-order valence-corrected chi connectivity index (χ2v) is 5.80. The van der Waals surface area contributed by atoms with Crippen molar-refractivity contribution in [1.82, 2.24) is 0 Å². The van der Waals surface area contributed by atoms with Crippen LogP contribution in [0.25, 0.3) is 11.6 Å². The summed E-state index contributed by atoms with van der Waals surface area (Å²) in [5, 5.41) is 0. The van der Waals surface area contributed by atoms with Crippen molar-refractivity contribution in [3.63, 3.8) is 0 Å². The van der Waals surface area contributed by atoms with Gasteiger partial charge in [-0.2, -0.15) is 0 Å². The van der Waals surface area contributed by atoms with Gasteiger partial charge >= 0.3 is 0 Å². The number of hydrogen-bond acceptors (Lipinski definition) is 0. The quantitative estimate of drug-likeness (QED) is 0.660. The van der Waals surface area contributed by atoms with E-state index in [-0.39, 0.29) is 0 Å². The van der Waals surface area contributed by atoms with Crippen molar-refractivity contribution < 1.29 is 0 Å². The molecule has 0 atom stereocenters. The minimum Gasteiger partial charge on any atom is -0.0622 e. The molecule has 0 radical (unpaired) electrons. The van der Waals surface area contributed by atoms with E-state index in [9.17, 15) is 0 Å². The van der Waals surface area contributed by atoms with E-state index < -0.39 is 0 Å². The zero-order valence-electron chi connectivity index (χ0n) is 11.1. The van der Waals surface area contributed by atoms with Crippen molar-refractivity contribution >= 4 is 11.6 Å². The highest BCUT2D eigenvalue weighted by molar-refractivity contribution is 5.94. The molecule has 2 aromatic carbocycles. The molecule has 0 nitrogen and oxygen atoms in total. The maximum atomic E-state index is 2.43. The summed E-state index contributed by atoms with van der Waals surface area (Å²) < 4.78 is 0. The predicted molar refractivity (Wildman–Crippen MR) is 80.9 cm³/mol. The van der Waals surface area contributed by atoms with E-state index in [0.29, 0.717) is 5.41 Å². The molecular weight excluding hydrogens is 228 g/mol. The van der Waals surface area contributed by atoms with Crippen LogP contribution >= 0.6 is 0 Å². The Kier molecular flexibility index (Phi) is 2.38. The lowest BCUT2D eigenvalue weighted by Gasteiger charge is -2.29. The van der Waals surface area contributed by atoms with Crippen molar-refractivity contribution in [2.45, 2.75) is 31.1 Å². The van der Waals surface area contributed by atoms with E-state index >= 15 is 0 Å². The van der Waals surface area contributed by atoms with Gasteiger partial charge < -0.3 is 0 Å². The van der Waals surface area contributed by atoms with Gasteiger partial charge in [-0.05, 0) is 41.2 Å². The Labute approximate surface area is 114 Å². The van der Waals surface area contributed by atoms with E-state index in [0.717, 1.165) is 0 Å².